The van der Waals surface area contributed by atoms with Gasteiger partial charge in [0.15, 0.2) is 0 Å². The highest BCUT2D eigenvalue weighted by Crippen LogP contribution is 2.05. The van der Waals surface area contributed by atoms with Gasteiger partial charge in [-0.05, 0) is 18.6 Å². The van der Waals surface area contributed by atoms with E-state index in [4.69, 9.17) is 12.2 Å². The van der Waals surface area contributed by atoms with Gasteiger partial charge in [-0.1, -0.05) is 49.3 Å². The second-order valence-electron chi connectivity index (χ2n) is 3.50. The van der Waals surface area contributed by atoms with Crippen LogP contribution < -0.4 is 0 Å². The minimum Gasteiger partial charge on any atom is -0.242 e. The lowest BCUT2D eigenvalue weighted by molar-refractivity contribution is 0.513. The van der Waals surface area contributed by atoms with Gasteiger partial charge in [-0.15, -0.1) is 0 Å². The van der Waals surface area contributed by atoms with E-state index in [0.717, 1.165) is 13.0 Å². The number of aromatic nitrogens is 4. The summed E-state index contributed by atoms with van der Waals surface area (Å²) in [5.41, 5.74) is 0. The topological polar surface area (TPSA) is 46.5 Å². The molecule has 0 amide bonds. The summed E-state index contributed by atoms with van der Waals surface area (Å²) < 4.78 is 2.37. The number of aromatic amines is 1. The third-order valence-corrected chi connectivity index (χ3v) is 2.57. The number of tetrazole rings is 1. The Balaban J connectivity index is 2.05. The lowest BCUT2D eigenvalue weighted by Gasteiger charge is -2.00. The third kappa shape index (κ3) is 4.00. The van der Waals surface area contributed by atoms with Crippen LogP contribution in [0.25, 0.3) is 0 Å². The van der Waals surface area contributed by atoms with E-state index in [1.807, 2.05) is 4.68 Å². The standard InChI is InChI=1S/C9H18N4S/c1-2-3-4-5-6-7-8-13-9(14)10-11-12-13/h2-8H2,1H3,(H,10,12,14). The molecule has 0 spiro atoms. The average molecular weight is 214 g/mol. The van der Waals surface area contributed by atoms with Crippen molar-refractivity contribution in [3.63, 3.8) is 0 Å². The van der Waals surface area contributed by atoms with Crippen LogP contribution in [-0.2, 0) is 6.54 Å². The van der Waals surface area contributed by atoms with Crippen LogP contribution in [0, 0.1) is 4.77 Å². The quantitative estimate of drug-likeness (QED) is 0.560. The summed E-state index contributed by atoms with van der Waals surface area (Å²) in [6.07, 6.45) is 7.75. The predicted octanol–water partition coefficient (Wildman–Crippen LogP) is 2.70. The van der Waals surface area contributed by atoms with Gasteiger partial charge in [-0.3, -0.25) is 0 Å². The summed E-state index contributed by atoms with van der Waals surface area (Å²) in [4.78, 5) is 0. The maximum atomic E-state index is 4.96. The zero-order valence-corrected chi connectivity index (χ0v) is 9.52. The minimum absolute atomic E-state index is 0.554. The van der Waals surface area contributed by atoms with E-state index in [9.17, 15) is 0 Å². The molecule has 0 aromatic carbocycles. The molecule has 0 aliphatic heterocycles. The van der Waals surface area contributed by atoms with Crippen molar-refractivity contribution in [2.24, 2.45) is 0 Å². The van der Waals surface area contributed by atoms with Gasteiger partial charge in [-0.2, -0.15) is 5.21 Å². The van der Waals surface area contributed by atoms with E-state index in [2.05, 4.69) is 22.4 Å². The molecule has 14 heavy (non-hydrogen) atoms. The van der Waals surface area contributed by atoms with E-state index in [1.165, 1.54) is 32.1 Å². The summed E-state index contributed by atoms with van der Waals surface area (Å²) >= 11 is 4.96. The molecule has 1 heterocycles. The van der Waals surface area contributed by atoms with Gasteiger partial charge in [-0.25, -0.2) is 4.68 Å². The van der Waals surface area contributed by atoms with Crippen molar-refractivity contribution in [1.82, 2.24) is 20.2 Å². The number of unbranched alkanes of at least 4 members (excludes halogenated alkanes) is 5. The Morgan fingerprint density at radius 1 is 1.21 bits per heavy atom. The maximum absolute atomic E-state index is 4.96. The van der Waals surface area contributed by atoms with Crippen molar-refractivity contribution in [3.05, 3.63) is 4.77 Å². The average Bonchev–Trinajstić information content (AvgIpc) is 2.58. The SMILES string of the molecule is CCCCCCCCn1[nH]nnc1=S. The first-order valence-electron chi connectivity index (χ1n) is 5.32. The number of nitrogens with zero attached hydrogens (tertiary/aromatic N) is 3. The number of aryl methyl sites for hydroxylation is 1. The smallest absolute Gasteiger partial charge is 0.238 e. The molecule has 1 rings (SSSR count). The highest BCUT2D eigenvalue weighted by molar-refractivity contribution is 7.71. The molecule has 1 aromatic heterocycles. The number of H-pyrrole nitrogens is 1. The van der Waals surface area contributed by atoms with Gasteiger partial charge < -0.3 is 0 Å². The van der Waals surface area contributed by atoms with Gasteiger partial charge in [0.2, 0.25) is 4.77 Å². The minimum atomic E-state index is 0.554. The molecule has 5 heteroatoms. The van der Waals surface area contributed by atoms with Crippen molar-refractivity contribution in [2.45, 2.75) is 52.0 Å². The Morgan fingerprint density at radius 3 is 2.57 bits per heavy atom. The highest BCUT2D eigenvalue weighted by Gasteiger charge is 1.94. The fraction of sp³-hybridized carbons (Fsp3) is 0.889. The Morgan fingerprint density at radius 2 is 1.93 bits per heavy atom. The van der Waals surface area contributed by atoms with E-state index in [0.29, 0.717) is 4.77 Å². The molecule has 0 atom stereocenters. The van der Waals surface area contributed by atoms with Crippen LogP contribution in [0.15, 0.2) is 0 Å². The van der Waals surface area contributed by atoms with Crippen molar-refractivity contribution < 1.29 is 0 Å². The van der Waals surface area contributed by atoms with E-state index < -0.39 is 0 Å². The summed E-state index contributed by atoms with van der Waals surface area (Å²) in [7, 11) is 0. The second-order valence-corrected chi connectivity index (χ2v) is 3.87. The predicted molar refractivity (Wildman–Crippen MR) is 58.6 cm³/mol. The first-order chi connectivity index (χ1) is 6.84. The van der Waals surface area contributed by atoms with Crippen molar-refractivity contribution >= 4 is 12.2 Å². The van der Waals surface area contributed by atoms with Crippen LogP contribution in [0.3, 0.4) is 0 Å². The van der Waals surface area contributed by atoms with E-state index in [1.54, 1.807) is 0 Å². The molecule has 4 nitrogen and oxygen atoms in total. The molecule has 0 unspecified atom stereocenters. The van der Waals surface area contributed by atoms with Crippen LogP contribution in [0.2, 0.25) is 0 Å². The molecule has 1 N–H and O–H groups in total. The van der Waals surface area contributed by atoms with Gasteiger partial charge in [0.05, 0.1) is 0 Å². The monoisotopic (exact) mass is 214 g/mol. The van der Waals surface area contributed by atoms with Crippen LogP contribution in [-0.4, -0.2) is 20.2 Å². The highest BCUT2D eigenvalue weighted by atomic mass is 32.1. The van der Waals surface area contributed by atoms with Crippen LogP contribution in [0.1, 0.15) is 45.4 Å². The third-order valence-electron chi connectivity index (χ3n) is 2.27. The molecule has 80 valence electrons. The van der Waals surface area contributed by atoms with E-state index >= 15 is 0 Å². The Labute approximate surface area is 89.7 Å². The van der Waals surface area contributed by atoms with Gasteiger partial charge in [0, 0.05) is 6.54 Å². The molecular weight excluding hydrogens is 196 g/mol. The molecule has 1 aromatic rings. The summed E-state index contributed by atoms with van der Waals surface area (Å²) in [6, 6.07) is 0. The van der Waals surface area contributed by atoms with E-state index in [-0.39, 0.29) is 0 Å². The zero-order valence-electron chi connectivity index (χ0n) is 8.70. The summed E-state index contributed by atoms with van der Waals surface area (Å²) in [5.74, 6) is 0. The summed E-state index contributed by atoms with van der Waals surface area (Å²) in [6.45, 7) is 3.15. The number of nitrogens with one attached hydrogen (secondary N) is 1. The molecule has 0 aliphatic carbocycles. The van der Waals surface area contributed by atoms with Crippen LogP contribution in [0.5, 0.6) is 0 Å². The number of rotatable bonds is 7. The maximum Gasteiger partial charge on any atom is 0.238 e. The fourth-order valence-corrected chi connectivity index (χ4v) is 1.58. The van der Waals surface area contributed by atoms with Crippen molar-refractivity contribution in [2.75, 3.05) is 0 Å². The first-order valence-corrected chi connectivity index (χ1v) is 5.73. The Hall–Kier alpha value is -0.710. The first kappa shape index (κ1) is 11.4. The number of hydrogen-bond donors (Lipinski definition) is 1. The van der Waals surface area contributed by atoms with Crippen molar-refractivity contribution in [3.8, 4) is 0 Å². The molecule has 0 radical (unpaired) electrons. The van der Waals surface area contributed by atoms with Gasteiger partial charge in [0.1, 0.15) is 0 Å². The largest absolute Gasteiger partial charge is 0.242 e. The Bertz CT molecular complexity index is 291. The normalized spacial score (nSPS) is 10.6. The van der Waals surface area contributed by atoms with Crippen molar-refractivity contribution in [1.29, 1.82) is 0 Å². The van der Waals surface area contributed by atoms with Gasteiger partial charge in [0.25, 0.3) is 0 Å². The molecule has 0 saturated carbocycles. The Kier molecular flexibility index (Phi) is 5.44. The van der Waals surface area contributed by atoms with Crippen LogP contribution in [0.4, 0.5) is 0 Å². The molecule has 0 bridgehead atoms. The van der Waals surface area contributed by atoms with Crippen LogP contribution >= 0.6 is 12.2 Å². The molecular formula is C9H18N4S. The lowest BCUT2D eigenvalue weighted by Crippen LogP contribution is -2.00. The summed E-state index contributed by atoms with van der Waals surface area (Å²) in [5, 5.41) is 10.1. The zero-order chi connectivity index (χ0) is 10.2. The van der Waals surface area contributed by atoms with Gasteiger partial charge >= 0.3 is 0 Å². The molecule has 0 aliphatic rings. The molecule has 0 saturated heterocycles. The fourth-order valence-electron chi connectivity index (χ4n) is 1.41. The molecule has 0 fully saturated rings. The lowest BCUT2D eigenvalue weighted by atomic mass is 10.1. The number of hydrogen-bond acceptors (Lipinski definition) is 3. The second kappa shape index (κ2) is 6.70.